The summed E-state index contributed by atoms with van der Waals surface area (Å²) in [7, 11) is 0. The minimum absolute atomic E-state index is 0. The van der Waals surface area contributed by atoms with Crippen LogP contribution in [0.15, 0.2) is 66.6 Å². The Morgan fingerprint density at radius 1 is 0.816 bits per heavy atom. The number of aliphatic hydroxyl groups excluding tert-OH is 1. The van der Waals surface area contributed by atoms with Crippen LogP contribution in [0.3, 0.4) is 0 Å². The van der Waals surface area contributed by atoms with Crippen molar-refractivity contribution in [2.45, 2.75) is 119 Å². The standard InChI is InChI=1S/C33H34NS.C11H20O2.Ir/c1-31(2,3)25-17-21(16-20-10-8-9-11-22(20)25)29-30-23(12-15-34-29)24-18-26-27(19-28(24)35-30)33(6,7)14-13-32(26,4)5;1-10(2,3)8(12)7-9(13)11(4,5)6;/h8-12,15,17-19H,13-14H2,1-7H3;7,12H,1-6H3;/q-1;;/b;8-7-;. The number of hydrogen-bond donors (Lipinski definition) is 1. The molecule has 3 nitrogen and oxygen atoms in total. The van der Waals surface area contributed by atoms with E-state index in [2.05, 4.69) is 103 Å². The van der Waals surface area contributed by atoms with Gasteiger partial charge in [0.1, 0.15) is 5.76 Å². The molecule has 0 fully saturated rings. The molecule has 5 aromatic rings. The predicted molar refractivity (Wildman–Crippen MR) is 208 cm³/mol. The molecule has 0 bridgehead atoms. The fourth-order valence-electron chi connectivity index (χ4n) is 6.49. The van der Waals surface area contributed by atoms with E-state index in [1.807, 2.05) is 59.1 Å². The second kappa shape index (κ2) is 13.4. The van der Waals surface area contributed by atoms with Gasteiger partial charge in [-0.05, 0) is 63.8 Å². The summed E-state index contributed by atoms with van der Waals surface area (Å²) in [6.45, 7) is 27.6. The third-order valence-corrected chi connectivity index (χ3v) is 11.1. The number of aliphatic hydroxyl groups is 1. The van der Waals surface area contributed by atoms with Crippen molar-refractivity contribution in [3.05, 3.63) is 89.3 Å². The van der Waals surface area contributed by atoms with E-state index >= 15 is 0 Å². The monoisotopic (exact) mass is 853 g/mol. The largest absolute Gasteiger partial charge is 0.512 e. The first kappa shape index (κ1) is 38.9. The quantitative estimate of drug-likeness (QED) is 0.109. The van der Waals surface area contributed by atoms with Gasteiger partial charge in [0, 0.05) is 63.7 Å². The van der Waals surface area contributed by atoms with Crippen LogP contribution in [-0.2, 0) is 41.1 Å². The van der Waals surface area contributed by atoms with Gasteiger partial charge in [-0.3, -0.25) is 9.78 Å². The molecule has 1 aliphatic rings. The number of aromatic nitrogens is 1. The Bertz CT molecular complexity index is 2060. The molecule has 5 heteroatoms. The topological polar surface area (TPSA) is 50.2 Å². The third kappa shape index (κ3) is 7.90. The van der Waals surface area contributed by atoms with Crippen LogP contribution in [0.5, 0.6) is 0 Å². The Morgan fingerprint density at radius 3 is 1.98 bits per heavy atom. The van der Waals surface area contributed by atoms with Gasteiger partial charge in [-0.1, -0.05) is 119 Å². The summed E-state index contributed by atoms with van der Waals surface area (Å²) in [5, 5.41) is 14.7. The van der Waals surface area contributed by atoms with Crippen LogP contribution >= 0.6 is 11.3 Å². The number of thiophene rings is 1. The molecule has 0 aliphatic heterocycles. The van der Waals surface area contributed by atoms with Crippen LogP contribution < -0.4 is 0 Å². The Hall–Kier alpha value is -2.85. The van der Waals surface area contributed by atoms with Crippen molar-refractivity contribution in [1.29, 1.82) is 0 Å². The zero-order valence-corrected chi connectivity index (χ0v) is 34.9. The molecule has 0 spiro atoms. The van der Waals surface area contributed by atoms with Crippen LogP contribution in [-0.4, -0.2) is 15.9 Å². The van der Waals surface area contributed by atoms with Gasteiger partial charge in [0.05, 0.1) is 0 Å². The number of fused-ring (bicyclic) bond motifs is 5. The van der Waals surface area contributed by atoms with Crippen molar-refractivity contribution in [3.8, 4) is 11.3 Å². The van der Waals surface area contributed by atoms with Crippen molar-refractivity contribution in [2.24, 2.45) is 10.8 Å². The molecule has 2 heterocycles. The summed E-state index contributed by atoms with van der Waals surface area (Å²) >= 11 is 1.89. The number of rotatable bonds is 2. The normalized spacial score (nSPS) is 16.1. The average molecular weight is 853 g/mol. The number of pyridine rings is 1. The van der Waals surface area contributed by atoms with E-state index in [4.69, 9.17) is 4.98 Å². The maximum Gasteiger partial charge on any atom is 0.164 e. The zero-order valence-electron chi connectivity index (χ0n) is 31.7. The molecule has 0 saturated heterocycles. The van der Waals surface area contributed by atoms with Gasteiger partial charge in [-0.2, -0.15) is 0 Å². The molecule has 0 atom stereocenters. The average Bonchev–Trinajstić information content (AvgIpc) is 3.35. The van der Waals surface area contributed by atoms with Crippen molar-refractivity contribution in [3.63, 3.8) is 0 Å². The Labute approximate surface area is 312 Å². The van der Waals surface area contributed by atoms with Crippen LogP contribution in [0.1, 0.15) is 120 Å². The number of allylic oxidation sites excluding steroid dienone is 2. The van der Waals surface area contributed by atoms with Gasteiger partial charge in [-0.25, -0.2) is 0 Å². The first-order valence-corrected chi connectivity index (χ1v) is 18.1. The molecule has 6 rings (SSSR count). The van der Waals surface area contributed by atoms with Gasteiger partial charge < -0.3 is 5.11 Å². The minimum Gasteiger partial charge on any atom is -0.512 e. The van der Waals surface area contributed by atoms with Gasteiger partial charge in [-0.15, -0.1) is 40.5 Å². The Kier molecular flexibility index (Phi) is 10.6. The summed E-state index contributed by atoms with van der Waals surface area (Å²) in [4.78, 5) is 16.4. The number of nitrogens with zero attached hydrogens (tertiary/aromatic N) is 1. The van der Waals surface area contributed by atoms with E-state index in [1.54, 1.807) is 0 Å². The molecule has 0 amide bonds. The summed E-state index contributed by atoms with van der Waals surface area (Å²) in [6.07, 6.45) is 5.78. The first-order chi connectivity index (χ1) is 22.0. The van der Waals surface area contributed by atoms with Gasteiger partial charge in [0.2, 0.25) is 0 Å². The van der Waals surface area contributed by atoms with Gasteiger partial charge >= 0.3 is 0 Å². The second-order valence-electron chi connectivity index (χ2n) is 18.1. The molecule has 1 radical (unpaired) electrons. The minimum atomic E-state index is -0.417. The van der Waals surface area contributed by atoms with E-state index in [9.17, 15) is 9.90 Å². The number of benzene rings is 3. The molecule has 0 unspecified atom stereocenters. The Morgan fingerprint density at radius 2 is 1.41 bits per heavy atom. The number of ketones is 1. The predicted octanol–water partition coefficient (Wildman–Crippen LogP) is 12.8. The number of carbonyl (C=O) groups excluding carboxylic acids is 1. The molecule has 3 aromatic carbocycles. The van der Waals surface area contributed by atoms with Crippen molar-refractivity contribution >= 4 is 48.1 Å². The molecule has 2 aromatic heterocycles. The van der Waals surface area contributed by atoms with Crippen LogP contribution in [0.25, 0.3) is 42.2 Å². The Balaban J connectivity index is 0.000000332. The molecular formula is C44H54IrNO2S-. The fourth-order valence-corrected chi connectivity index (χ4v) is 7.71. The maximum atomic E-state index is 11.5. The summed E-state index contributed by atoms with van der Waals surface area (Å²) in [5.41, 5.74) is 6.23. The summed E-state index contributed by atoms with van der Waals surface area (Å²) < 4.78 is 2.64. The SMILES string of the molecule is CC(C)(C)C(=O)/C=C(\O)C(C)(C)C.CC(C)(C)c1cc(-c2nccc3c2sc2cc4c(cc23)C(C)(C)CCC4(C)C)[c-]c2ccccc12.[Ir]. The van der Waals surface area contributed by atoms with Crippen molar-refractivity contribution in [1.82, 2.24) is 4.98 Å². The van der Waals surface area contributed by atoms with Crippen molar-refractivity contribution in [2.75, 3.05) is 0 Å². The van der Waals surface area contributed by atoms with Crippen LogP contribution in [0, 0.1) is 16.9 Å². The van der Waals surface area contributed by atoms with E-state index in [1.165, 1.54) is 61.2 Å². The van der Waals surface area contributed by atoms with Gasteiger partial charge in [0.25, 0.3) is 0 Å². The van der Waals surface area contributed by atoms with E-state index in [0.29, 0.717) is 0 Å². The first-order valence-electron chi connectivity index (χ1n) is 17.3. The smallest absolute Gasteiger partial charge is 0.164 e. The number of carbonyl (C=O) groups is 1. The van der Waals surface area contributed by atoms with E-state index in [0.717, 1.165) is 16.6 Å². The summed E-state index contributed by atoms with van der Waals surface area (Å²) in [6, 6.07) is 21.9. The molecule has 263 valence electrons. The van der Waals surface area contributed by atoms with Crippen LogP contribution in [0.4, 0.5) is 0 Å². The number of hydrogen-bond acceptors (Lipinski definition) is 4. The molecule has 49 heavy (non-hydrogen) atoms. The molecule has 1 N–H and O–H groups in total. The molecule has 0 saturated carbocycles. The third-order valence-electron chi connectivity index (χ3n) is 9.97. The second-order valence-corrected chi connectivity index (χ2v) is 19.1. The van der Waals surface area contributed by atoms with Crippen LogP contribution in [0.2, 0.25) is 0 Å². The van der Waals surface area contributed by atoms with E-state index in [-0.39, 0.29) is 53.3 Å². The summed E-state index contributed by atoms with van der Waals surface area (Å²) in [5.74, 6) is 0.104. The fraction of sp³-hybridized carbons (Fsp3) is 0.455. The molecule has 1 aliphatic carbocycles. The van der Waals surface area contributed by atoms with E-state index < -0.39 is 5.41 Å². The van der Waals surface area contributed by atoms with Gasteiger partial charge in [0.15, 0.2) is 5.78 Å². The van der Waals surface area contributed by atoms with Crippen molar-refractivity contribution < 1.29 is 30.0 Å². The molecular weight excluding hydrogens is 799 g/mol. The zero-order chi connectivity index (χ0) is 35.6. The maximum absolute atomic E-state index is 11.5.